The number of benzene rings is 1. The van der Waals surface area contributed by atoms with Crippen LogP contribution >= 0.6 is 11.6 Å². The van der Waals surface area contributed by atoms with E-state index in [9.17, 15) is 27.2 Å². The fourth-order valence-corrected chi connectivity index (χ4v) is 2.31. The first-order valence-electron chi connectivity index (χ1n) is 7.00. The molecule has 1 N–H and O–H groups in total. The first kappa shape index (κ1) is 19.7. The van der Waals surface area contributed by atoms with E-state index in [1.165, 1.54) is 6.92 Å². The van der Waals surface area contributed by atoms with Crippen LogP contribution in [0.5, 0.6) is 5.75 Å². The fraction of sp³-hybridized carbons (Fsp3) is 0.267. The lowest BCUT2D eigenvalue weighted by atomic mass is 10.2. The number of hydrogen-bond acceptors (Lipinski definition) is 4. The van der Waals surface area contributed by atoms with Gasteiger partial charge in [0.15, 0.2) is 0 Å². The molecule has 2 aromatic rings. The molecular formula is C15H12ClF4N3O3. The molecule has 26 heavy (non-hydrogen) atoms. The molecule has 6 nitrogen and oxygen atoms in total. The molecule has 140 valence electrons. The highest BCUT2D eigenvalue weighted by Crippen LogP contribution is 2.30. The summed E-state index contributed by atoms with van der Waals surface area (Å²) in [5.41, 5.74) is -4.72. The minimum Gasteiger partial charge on any atom is -0.486 e. The Morgan fingerprint density at radius 2 is 1.88 bits per heavy atom. The van der Waals surface area contributed by atoms with Gasteiger partial charge in [0.1, 0.15) is 23.9 Å². The van der Waals surface area contributed by atoms with Crippen LogP contribution in [0.1, 0.15) is 12.6 Å². The highest BCUT2D eigenvalue weighted by molar-refractivity contribution is 6.32. The van der Waals surface area contributed by atoms with E-state index in [1.807, 2.05) is 0 Å². The Kier molecular flexibility index (Phi) is 5.26. The molecular weight excluding hydrogens is 382 g/mol. The van der Waals surface area contributed by atoms with Crippen molar-refractivity contribution in [2.45, 2.75) is 13.1 Å². The Hall–Kier alpha value is -2.62. The lowest BCUT2D eigenvalue weighted by Crippen LogP contribution is -2.41. The summed E-state index contributed by atoms with van der Waals surface area (Å²) < 4.78 is 58.5. The average Bonchev–Trinajstić information content (AvgIpc) is 2.50. The van der Waals surface area contributed by atoms with E-state index in [1.54, 1.807) is 0 Å². The van der Waals surface area contributed by atoms with Gasteiger partial charge in [0, 0.05) is 24.9 Å². The van der Waals surface area contributed by atoms with Gasteiger partial charge in [-0.15, -0.1) is 0 Å². The van der Waals surface area contributed by atoms with Gasteiger partial charge in [-0.05, 0) is 13.0 Å². The van der Waals surface area contributed by atoms with E-state index < -0.39 is 34.6 Å². The number of rotatable bonds is 4. The van der Waals surface area contributed by atoms with Crippen LogP contribution in [0.25, 0.3) is 5.69 Å². The summed E-state index contributed by atoms with van der Waals surface area (Å²) >= 11 is 5.81. The smallest absolute Gasteiger partial charge is 0.431 e. The number of hydrogen-bond donors (Lipinski definition) is 1. The Bertz CT molecular complexity index is 995. The molecule has 0 radical (unpaired) electrons. The van der Waals surface area contributed by atoms with Crippen molar-refractivity contribution in [3.63, 3.8) is 0 Å². The predicted molar refractivity (Wildman–Crippen MR) is 86.1 cm³/mol. The molecule has 0 amide bonds. The number of halogens is 5. The van der Waals surface area contributed by atoms with E-state index in [0.29, 0.717) is 0 Å². The molecule has 1 aromatic heterocycles. The summed E-state index contributed by atoms with van der Waals surface area (Å²) in [6, 6.07) is 1.86. The van der Waals surface area contributed by atoms with Gasteiger partial charge in [-0.1, -0.05) is 11.6 Å². The van der Waals surface area contributed by atoms with Gasteiger partial charge in [0.05, 0.1) is 10.7 Å². The van der Waals surface area contributed by atoms with Crippen LogP contribution in [0.4, 0.5) is 17.6 Å². The zero-order valence-corrected chi connectivity index (χ0v) is 14.2. The van der Waals surface area contributed by atoms with E-state index in [4.69, 9.17) is 21.7 Å². The summed E-state index contributed by atoms with van der Waals surface area (Å²) in [6.45, 7) is 1.25. The largest absolute Gasteiger partial charge is 0.486 e. The van der Waals surface area contributed by atoms with E-state index in [0.717, 1.165) is 19.2 Å². The van der Waals surface area contributed by atoms with E-state index in [2.05, 4.69) is 0 Å². The van der Waals surface area contributed by atoms with Gasteiger partial charge in [-0.3, -0.25) is 9.36 Å². The second-order valence-corrected chi connectivity index (χ2v) is 5.75. The lowest BCUT2D eigenvalue weighted by molar-refractivity contribution is -0.144. The first-order valence-corrected chi connectivity index (χ1v) is 7.37. The van der Waals surface area contributed by atoms with Crippen LogP contribution in [-0.4, -0.2) is 21.5 Å². The highest BCUT2D eigenvalue weighted by Gasteiger charge is 2.35. The van der Waals surface area contributed by atoms with Crippen molar-refractivity contribution in [1.82, 2.24) is 9.13 Å². The first-order chi connectivity index (χ1) is 11.9. The van der Waals surface area contributed by atoms with Gasteiger partial charge in [0.25, 0.3) is 5.56 Å². The molecule has 2 rings (SSSR count). The molecule has 0 unspecified atom stereocenters. The third-order valence-corrected chi connectivity index (χ3v) is 3.59. The third kappa shape index (κ3) is 3.79. The number of aromatic nitrogens is 2. The Balaban J connectivity index is 2.71. The number of ether oxygens (including phenoxy) is 1. The molecule has 1 heterocycles. The maximum absolute atomic E-state index is 14.2. The van der Waals surface area contributed by atoms with Crippen molar-refractivity contribution in [2.75, 3.05) is 6.61 Å². The number of nitrogens with one attached hydrogen (secondary N) is 1. The van der Waals surface area contributed by atoms with Crippen LogP contribution in [-0.2, 0) is 13.2 Å². The molecule has 0 spiro atoms. The maximum atomic E-state index is 14.2. The molecule has 0 atom stereocenters. The molecule has 0 saturated carbocycles. The molecule has 0 aliphatic heterocycles. The monoisotopic (exact) mass is 393 g/mol. The van der Waals surface area contributed by atoms with Crippen molar-refractivity contribution >= 4 is 17.3 Å². The van der Waals surface area contributed by atoms with Crippen molar-refractivity contribution in [3.05, 3.63) is 55.6 Å². The minimum absolute atomic E-state index is 0.120. The van der Waals surface area contributed by atoms with Crippen molar-refractivity contribution in [1.29, 1.82) is 5.41 Å². The fourth-order valence-electron chi connectivity index (χ4n) is 2.11. The molecule has 1 aromatic carbocycles. The maximum Gasteiger partial charge on any atom is 0.431 e. The standard InChI is InChI=1S/C15H12ClF4N3O3/c1-7(21)6-26-11-4-10(9(17)3-8(11)16)23-13(24)5-12(15(18,19)20)22(2)14(23)25/h3-5,21H,6H2,1-2H3. The zero-order chi connectivity index (χ0) is 19.8. The normalized spacial score (nSPS) is 11.5. The summed E-state index contributed by atoms with van der Waals surface area (Å²) in [4.78, 5) is 24.3. The Morgan fingerprint density at radius 1 is 1.27 bits per heavy atom. The highest BCUT2D eigenvalue weighted by atomic mass is 35.5. The second-order valence-electron chi connectivity index (χ2n) is 5.35. The molecule has 0 aliphatic rings. The third-order valence-electron chi connectivity index (χ3n) is 3.30. The van der Waals surface area contributed by atoms with Gasteiger partial charge in [-0.25, -0.2) is 13.8 Å². The van der Waals surface area contributed by atoms with E-state index >= 15 is 0 Å². The van der Waals surface area contributed by atoms with Gasteiger partial charge in [0.2, 0.25) is 0 Å². The van der Waals surface area contributed by atoms with Gasteiger partial charge in [-0.2, -0.15) is 13.2 Å². The number of alkyl halides is 3. The van der Waals surface area contributed by atoms with Crippen LogP contribution in [0.15, 0.2) is 27.8 Å². The molecule has 0 fully saturated rings. The van der Waals surface area contributed by atoms with Crippen LogP contribution in [0.3, 0.4) is 0 Å². The lowest BCUT2D eigenvalue weighted by Gasteiger charge is -2.15. The predicted octanol–water partition coefficient (Wildman–Crippen LogP) is 2.77. The summed E-state index contributed by atoms with van der Waals surface area (Å²) in [7, 11) is 0.810. The SMILES string of the molecule is CC(=N)COc1cc(-n2c(=O)cc(C(F)(F)F)n(C)c2=O)c(F)cc1Cl. The van der Waals surface area contributed by atoms with Crippen LogP contribution < -0.4 is 16.0 Å². The minimum atomic E-state index is -4.93. The quantitative estimate of drug-likeness (QED) is 0.641. The summed E-state index contributed by atoms with van der Waals surface area (Å²) in [5.74, 6) is -1.24. The van der Waals surface area contributed by atoms with Gasteiger partial charge >= 0.3 is 11.9 Å². The Labute approximate surface area is 148 Å². The second kappa shape index (κ2) is 6.94. The molecule has 0 bridgehead atoms. The van der Waals surface area contributed by atoms with Gasteiger partial charge < -0.3 is 10.1 Å². The van der Waals surface area contributed by atoms with Crippen molar-refractivity contribution in [3.8, 4) is 11.4 Å². The zero-order valence-electron chi connectivity index (χ0n) is 13.4. The summed E-state index contributed by atoms with van der Waals surface area (Å²) in [6.07, 6.45) is -4.93. The van der Waals surface area contributed by atoms with E-state index in [-0.39, 0.29) is 38.3 Å². The molecule has 0 aliphatic carbocycles. The summed E-state index contributed by atoms with van der Waals surface area (Å²) in [5, 5.41) is 7.10. The van der Waals surface area contributed by atoms with Crippen LogP contribution in [0, 0.1) is 11.2 Å². The van der Waals surface area contributed by atoms with Crippen LogP contribution in [0.2, 0.25) is 5.02 Å². The van der Waals surface area contributed by atoms with Crippen molar-refractivity contribution in [2.24, 2.45) is 7.05 Å². The topological polar surface area (TPSA) is 77.1 Å². The van der Waals surface area contributed by atoms with Crippen molar-refractivity contribution < 1.29 is 22.3 Å². The molecule has 0 saturated heterocycles. The molecule has 11 heteroatoms. The average molecular weight is 394 g/mol. The Morgan fingerprint density at radius 3 is 2.42 bits per heavy atom. The number of nitrogens with zero attached hydrogens (tertiary/aromatic N) is 2.